The standard InChI is InChI=1S/C14H12N2O2/c1-7-5-12(18)16-14-9(7)3-4-10-13(14)8(2)6-11(17)15-10/h3-6H,1-2H3,(H,15,17)(H,16,18). The van der Waals surface area contributed by atoms with Crippen LogP contribution < -0.4 is 11.1 Å². The van der Waals surface area contributed by atoms with Gasteiger partial charge in [-0.1, -0.05) is 6.07 Å². The fourth-order valence-electron chi connectivity index (χ4n) is 2.45. The molecule has 0 amide bonds. The van der Waals surface area contributed by atoms with Gasteiger partial charge in [0.15, 0.2) is 0 Å². The van der Waals surface area contributed by atoms with E-state index in [0.717, 1.165) is 32.9 Å². The fourth-order valence-corrected chi connectivity index (χ4v) is 2.45. The monoisotopic (exact) mass is 240 g/mol. The van der Waals surface area contributed by atoms with E-state index in [1.54, 1.807) is 12.1 Å². The molecule has 2 aromatic heterocycles. The van der Waals surface area contributed by atoms with Crippen LogP contribution in [0.4, 0.5) is 0 Å². The van der Waals surface area contributed by atoms with Gasteiger partial charge in [0, 0.05) is 22.9 Å². The SMILES string of the molecule is Cc1cc(=O)[nH]c2c1ccc1[nH]c(=O)cc(C)c12. The number of nitrogens with one attached hydrogen (secondary N) is 2. The predicted octanol–water partition coefficient (Wildman–Crippen LogP) is 1.99. The highest BCUT2D eigenvalue weighted by Crippen LogP contribution is 2.25. The quantitative estimate of drug-likeness (QED) is 0.590. The molecule has 0 spiro atoms. The van der Waals surface area contributed by atoms with E-state index in [2.05, 4.69) is 9.97 Å². The molecule has 0 aliphatic rings. The third kappa shape index (κ3) is 1.46. The van der Waals surface area contributed by atoms with Gasteiger partial charge in [-0.2, -0.15) is 0 Å². The number of hydrogen-bond donors (Lipinski definition) is 2. The molecule has 0 bridgehead atoms. The van der Waals surface area contributed by atoms with Gasteiger partial charge >= 0.3 is 0 Å². The minimum atomic E-state index is -0.130. The largest absolute Gasteiger partial charge is 0.322 e. The first kappa shape index (κ1) is 10.8. The van der Waals surface area contributed by atoms with E-state index in [9.17, 15) is 9.59 Å². The molecule has 0 atom stereocenters. The van der Waals surface area contributed by atoms with E-state index in [0.29, 0.717) is 0 Å². The van der Waals surface area contributed by atoms with E-state index in [1.165, 1.54) is 0 Å². The first-order valence-electron chi connectivity index (χ1n) is 5.72. The van der Waals surface area contributed by atoms with Crippen molar-refractivity contribution in [2.75, 3.05) is 0 Å². The zero-order valence-corrected chi connectivity index (χ0v) is 10.1. The molecule has 0 unspecified atom stereocenters. The Balaban J connectivity index is 2.69. The first-order chi connectivity index (χ1) is 8.56. The van der Waals surface area contributed by atoms with Crippen molar-refractivity contribution in [2.45, 2.75) is 13.8 Å². The number of aromatic amines is 2. The molecule has 4 heteroatoms. The smallest absolute Gasteiger partial charge is 0.248 e. The van der Waals surface area contributed by atoms with Gasteiger partial charge in [-0.15, -0.1) is 0 Å². The van der Waals surface area contributed by atoms with Crippen molar-refractivity contribution < 1.29 is 0 Å². The van der Waals surface area contributed by atoms with Crippen LogP contribution in [0.25, 0.3) is 21.8 Å². The third-order valence-corrected chi connectivity index (χ3v) is 3.23. The van der Waals surface area contributed by atoms with Crippen molar-refractivity contribution in [3.63, 3.8) is 0 Å². The summed E-state index contributed by atoms with van der Waals surface area (Å²) >= 11 is 0. The lowest BCUT2D eigenvalue weighted by atomic mass is 10.0. The Hall–Kier alpha value is -2.36. The normalized spacial score (nSPS) is 11.2. The molecule has 3 rings (SSSR count). The van der Waals surface area contributed by atoms with E-state index in [4.69, 9.17) is 0 Å². The first-order valence-corrected chi connectivity index (χ1v) is 5.72. The van der Waals surface area contributed by atoms with Crippen molar-refractivity contribution >= 4 is 21.8 Å². The Morgan fingerprint density at radius 2 is 1.56 bits per heavy atom. The van der Waals surface area contributed by atoms with Crippen LogP contribution in [0, 0.1) is 13.8 Å². The summed E-state index contributed by atoms with van der Waals surface area (Å²) in [6.07, 6.45) is 0. The van der Waals surface area contributed by atoms with Crippen molar-refractivity contribution in [3.8, 4) is 0 Å². The van der Waals surface area contributed by atoms with Crippen LogP contribution in [0.1, 0.15) is 11.1 Å². The van der Waals surface area contributed by atoms with Crippen LogP contribution in [0.5, 0.6) is 0 Å². The highest BCUT2D eigenvalue weighted by molar-refractivity contribution is 6.06. The third-order valence-electron chi connectivity index (χ3n) is 3.23. The molecular formula is C14H12N2O2. The molecular weight excluding hydrogens is 228 g/mol. The summed E-state index contributed by atoms with van der Waals surface area (Å²) in [7, 11) is 0. The van der Waals surface area contributed by atoms with Crippen LogP contribution in [0.15, 0.2) is 33.9 Å². The highest BCUT2D eigenvalue weighted by Gasteiger charge is 2.07. The molecule has 0 fully saturated rings. The summed E-state index contributed by atoms with van der Waals surface area (Å²) in [4.78, 5) is 28.7. The molecule has 0 aliphatic carbocycles. The summed E-state index contributed by atoms with van der Waals surface area (Å²) in [5.74, 6) is 0. The zero-order valence-electron chi connectivity index (χ0n) is 10.1. The van der Waals surface area contributed by atoms with Crippen molar-refractivity contribution in [1.29, 1.82) is 0 Å². The van der Waals surface area contributed by atoms with E-state index in [1.807, 2.05) is 26.0 Å². The van der Waals surface area contributed by atoms with Crippen molar-refractivity contribution in [3.05, 3.63) is 56.1 Å². The number of hydrogen-bond acceptors (Lipinski definition) is 2. The lowest BCUT2D eigenvalue weighted by Gasteiger charge is -2.07. The van der Waals surface area contributed by atoms with Gasteiger partial charge in [0.25, 0.3) is 0 Å². The summed E-state index contributed by atoms with van der Waals surface area (Å²) in [6.45, 7) is 3.78. The van der Waals surface area contributed by atoms with E-state index < -0.39 is 0 Å². The van der Waals surface area contributed by atoms with Crippen LogP contribution in [0.2, 0.25) is 0 Å². The van der Waals surface area contributed by atoms with Crippen LogP contribution >= 0.6 is 0 Å². The van der Waals surface area contributed by atoms with Gasteiger partial charge in [-0.25, -0.2) is 0 Å². The maximum absolute atomic E-state index is 11.6. The Bertz CT molecular complexity index is 888. The predicted molar refractivity (Wildman–Crippen MR) is 72.2 cm³/mol. The maximum atomic E-state index is 11.6. The number of rotatable bonds is 0. The Morgan fingerprint density at radius 1 is 0.889 bits per heavy atom. The van der Waals surface area contributed by atoms with Gasteiger partial charge in [-0.05, 0) is 31.0 Å². The maximum Gasteiger partial charge on any atom is 0.248 e. The number of aromatic nitrogens is 2. The molecule has 3 aromatic rings. The average molecular weight is 240 g/mol. The highest BCUT2D eigenvalue weighted by atomic mass is 16.1. The number of pyridine rings is 2. The second-order valence-electron chi connectivity index (χ2n) is 4.54. The van der Waals surface area contributed by atoms with Crippen molar-refractivity contribution in [1.82, 2.24) is 9.97 Å². The lowest BCUT2D eigenvalue weighted by Crippen LogP contribution is -2.08. The molecule has 0 radical (unpaired) electrons. The topological polar surface area (TPSA) is 65.7 Å². The summed E-state index contributed by atoms with van der Waals surface area (Å²) in [6, 6.07) is 6.91. The minimum absolute atomic E-state index is 0.127. The second-order valence-corrected chi connectivity index (χ2v) is 4.54. The van der Waals surface area contributed by atoms with Crippen molar-refractivity contribution in [2.24, 2.45) is 0 Å². The lowest BCUT2D eigenvalue weighted by molar-refractivity contribution is 1.26. The Morgan fingerprint density at radius 3 is 2.33 bits per heavy atom. The number of benzene rings is 1. The minimum Gasteiger partial charge on any atom is -0.322 e. The van der Waals surface area contributed by atoms with Gasteiger partial charge in [0.1, 0.15) is 0 Å². The number of H-pyrrole nitrogens is 2. The molecule has 18 heavy (non-hydrogen) atoms. The van der Waals surface area contributed by atoms with Gasteiger partial charge in [0.2, 0.25) is 11.1 Å². The molecule has 1 aromatic carbocycles. The van der Waals surface area contributed by atoms with E-state index >= 15 is 0 Å². The number of fused-ring (bicyclic) bond motifs is 3. The Kier molecular flexibility index (Phi) is 2.13. The molecule has 4 nitrogen and oxygen atoms in total. The zero-order chi connectivity index (χ0) is 12.9. The molecule has 90 valence electrons. The molecule has 2 heterocycles. The van der Waals surface area contributed by atoms with Crippen LogP contribution in [-0.2, 0) is 0 Å². The van der Waals surface area contributed by atoms with Gasteiger partial charge in [-0.3, -0.25) is 9.59 Å². The van der Waals surface area contributed by atoms with Crippen LogP contribution in [0.3, 0.4) is 0 Å². The molecule has 0 saturated carbocycles. The van der Waals surface area contributed by atoms with Gasteiger partial charge in [0.05, 0.1) is 11.0 Å². The van der Waals surface area contributed by atoms with E-state index in [-0.39, 0.29) is 11.1 Å². The molecule has 0 aliphatic heterocycles. The van der Waals surface area contributed by atoms with Gasteiger partial charge < -0.3 is 9.97 Å². The fraction of sp³-hybridized carbons (Fsp3) is 0.143. The Labute approximate surface area is 102 Å². The van der Waals surface area contributed by atoms with Crippen LogP contribution in [-0.4, -0.2) is 9.97 Å². The molecule has 0 saturated heterocycles. The summed E-state index contributed by atoms with van der Waals surface area (Å²) in [5, 5.41) is 1.89. The molecule has 2 N–H and O–H groups in total. The average Bonchev–Trinajstić information content (AvgIpc) is 2.26. The number of aryl methyl sites for hydroxylation is 2. The summed E-state index contributed by atoms with van der Waals surface area (Å²) in [5.41, 5.74) is 3.06. The second kappa shape index (κ2) is 3.57. The summed E-state index contributed by atoms with van der Waals surface area (Å²) < 4.78 is 0.